The number of rotatable bonds is 4. The van der Waals surface area contributed by atoms with Crippen LogP contribution in [0, 0.1) is 6.92 Å². The van der Waals surface area contributed by atoms with Gasteiger partial charge in [0.1, 0.15) is 5.75 Å². The summed E-state index contributed by atoms with van der Waals surface area (Å²) in [5, 5.41) is 0. The average molecular weight is 268 g/mol. The largest absolute Gasteiger partial charge is 0.493 e. The number of benzene rings is 1. The molecule has 0 fully saturated rings. The lowest BCUT2D eigenvalue weighted by Gasteiger charge is -2.14. The second-order valence-electron chi connectivity index (χ2n) is 5.42. The number of nitrogens with two attached hydrogens (primary N) is 1. The molecule has 0 saturated carbocycles. The summed E-state index contributed by atoms with van der Waals surface area (Å²) in [6.45, 7) is 2.88. The van der Waals surface area contributed by atoms with E-state index in [1.807, 2.05) is 18.5 Å². The van der Waals surface area contributed by atoms with Crippen molar-refractivity contribution in [1.29, 1.82) is 0 Å². The summed E-state index contributed by atoms with van der Waals surface area (Å²) in [5.74, 6) is 1.04. The van der Waals surface area contributed by atoms with Crippen molar-refractivity contribution >= 4 is 0 Å². The molecule has 104 valence electrons. The van der Waals surface area contributed by atoms with Crippen molar-refractivity contribution in [2.45, 2.75) is 32.2 Å². The van der Waals surface area contributed by atoms with Crippen LogP contribution in [0.2, 0.25) is 0 Å². The minimum Gasteiger partial charge on any atom is -0.493 e. The lowest BCUT2D eigenvalue weighted by atomic mass is 9.97. The average Bonchev–Trinajstić information content (AvgIpc) is 2.92. The van der Waals surface area contributed by atoms with E-state index in [0.29, 0.717) is 0 Å². The number of hydrogen-bond donors (Lipinski definition) is 1. The molecule has 0 radical (unpaired) electrons. The van der Waals surface area contributed by atoms with Crippen molar-refractivity contribution in [2.24, 2.45) is 5.73 Å². The monoisotopic (exact) mass is 268 g/mol. The molecule has 1 aromatic heterocycles. The fourth-order valence-corrected chi connectivity index (χ4v) is 2.77. The van der Waals surface area contributed by atoms with Gasteiger partial charge in [0.15, 0.2) is 0 Å². The highest BCUT2D eigenvalue weighted by Gasteiger charge is 2.13. The highest BCUT2D eigenvalue weighted by Crippen LogP contribution is 2.27. The molecule has 0 spiro atoms. The molecule has 2 heterocycles. The molecule has 3 heteroatoms. The SMILES string of the molecule is Cc1cnccc1C(N)CCc1ccc2c(c1)CCO2. The summed E-state index contributed by atoms with van der Waals surface area (Å²) in [7, 11) is 0. The van der Waals surface area contributed by atoms with Crippen molar-refractivity contribution in [1.82, 2.24) is 4.98 Å². The summed E-state index contributed by atoms with van der Waals surface area (Å²) in [5.41, 5.74) is 11.3. The summed E-state index contributed by atoms with van der Waals surface area (Å²) < 4.78 is 5.53. The van der Waals surface area contributed by atoms with Crippen LogP contribution in [-0.2, 0) is 12.8 Å². The van der Waals surface area contributed by atoms with E-state index in [9.17, 15) is 0 Å². The molecular weight excluding hydrogens is 248 g/mol. The second-order valence-corrected chi connectivity index (χ2v) is 5.42. The Morgan fingerprint density at radius 1 is 1.35 bits per heavy atom. The minimum absolute atomic E-state index is 0.0718. The fraction of sp³-hybridized carbons (Fsp3) is 0.353. The Hall–Kier alpha value is -1.87. The number of hydrogen-bond acceptors (Lipinski definition) is 3. The summed E-state index contributed by atoms with van der Waals surface area (Å²) >= 11 is 0. The minimum atomic E-state index is 0.0718. The first-order chi connectivity index (χ1) is 9.74. The number of pyridine rings is 1. The first kappa shape index (κ1) is 13.1. The molecule has 3 rings (SSSR count). The standard InChI is InChI=1S/C17H20N2O/c1-12-11-19-8-6-15(12)16(18)4-2-13-3-5-17-14(10-13)7-9-20-17/h3,5-6,8,10-11,16H,2,4,7,9,18H2,1H3. The van der Waals surface area contributed by atoms with Crippen molar-refractivity contribution in [2.75, 3.05) is 6.61 Å². The van der Waals surface area contributed by atoms with Crippen LogP contribution in [-0.4, -0.2) is 11.6 Å². The van der Waals surface area contributed by atoms with Crippen LogP contribution < -0.4 is 10.5 Å². The topological polar surface area (TPSA) is 48.1 Å². The number of nitrogens with zero attached hydrogens (tertiary/aromatic N) is 1. The maximum Gasteiger partial charge on any atom is 0.122 e. The third kappa shape index (κ3) is 2.68. The van der Waals surface area contributed by atoms with E-state index >= 15 is 0 Å². The highest BCUT2D eigenvalue weighted by atomic mass is 16.5. The number of ether oxygens (including phenoxy) is 1. The van der Waals surface area contributed by atoms with E-state index in [0.717, 1.165) is 31.6 Å². The zero-order valence-electron chi connectivity index (χ0n) is 11.8. The van der Waals surface area contributed by atoms with Gasteiger partial charge in [-0.2, -0.15) is 0 Å². The molecule has 0 saturated heterocycles. The molecule has 1 aromatic carbocycles. The first-order valence-electron chi connectivity index (χ1n) is 7.15. The molecule has 0 bridgehead atoms. The Balaban J connectivity index is 1.66. The molecule has 1 aliphatic rings. The van der Waals surface area contributed by atoms with Gasteiger partial charge >= 0.3 is 0 Å². The zero-order valence-corrected chi connectivity index (χ0v) is 11.8. The van der Waals surface area contributed by atoms with E-state index in [1.165, 1.54) is 22.3 Å². The molecule has 1 aliphatic heterocycles. The number of fused-ring (bicyclic) bond motifs is 1. The number of aryl methyl sites for hydroxylation is 2. The van der Waals surface area contributed by atoms with E-state index in [4.69, 9.17) is 10.5 Å². The van der Waals surface area contributed by atoms with Crippen molar-refractivity contribution in [3.8, 4) is 5.75 Å². The van der Waals surface area contributed by atoms with E-state index in [1.54, 1.807) is 0 Å². The van der Waals surface area contributed by atoms with Crippen LogP contribution in [0.25, 0.3) is 0 Å². The molecule has 20 heavy (non-hydrogen) atoms. The molecule has 2 aromatic rings. The maximum atomic E-state index is 6.30. The van der Waals surface area contributed by atoms with Crippen LogP contribution in [0.4, 0.5) is 0 Å². The lowest BCUT2D eigenvalue weighted by Crippen LogP contribution is -2.13. The van der Waals surface area contributed by atoms with Gasteiger partial charge in [-0.05, 0) is 54.2 Å². The maximum absolute atomic E-state index is 6.30. The Labute approximate surface area is 119 Å². The third-order valence-electron chi connectivity index (χ3n) is 3.96. The first-order valence-corrected chi connectivity index (χ1v) is 7.15. The molecule has 0 aliphatic carbocycles. The second kappa shape index (κ2) is 5.63. The van der Waals surface area contributed by atoms with Crippen molar-refractivity contribution < 1.29 is 4.74 Å². The smallest absolute Gasteiger partial charge is 0.122 e. The third-order valence-corrected chi connectivity index (χ3v) is 3.96. The van der Waals surface area contributed by atoms with Crippen LogP contribution in [0.15, 0.2) is 36.7 Å². The Kier molecular flexibility index (Phi) is 3.70. The van der Waals surface area contributed by atoms with E-state index in [2.05, 4.69) is 30.1 Å². The van der Waals surface area contributed by atoms with Gasteiger partial charge in [0.2, 0.25) is 0 Å². The Bertz CT molecular complexity index is 610. The normalized spacial score (nSPS) is 14.7. The molecule has 2 N–H and O–H groups in total. The van der Waals surface area contributed by atoms with Crippen LogP contribution in [0.5, 0.6) is 5.75 Å². The lowest BCUT2D eigenvalue weighted by molar-refractivity contribution is 0.357. The molecule has 1 unspecified atom stereocenters. The molecule has 0 amide bonds. The summed E-state index contributed by atoms with van der Waals surface area (Å²) in [4.78, 5) is 4.12. The molecular formula is C17H20N2O. The summed E-state index contributed by atoms with van der Waals surface area (Å²) in [6.07, 6.45) is 6.66. The van der Waals surface area contributed by atoms with Crippen molar-refractivity contribution in [3.63, 3.8) is 0 Å². The van der Waals surface area contributed by atoms with Gasteiger partial charge in [-0.25, -0.2) is 0 Å². The van der Waals surface area contributed by atoms with Crippen LogP contribution >= 0.6 is 0 Å². The van der Waals surface area contributed by atoms with Gasteiger partial charge in [0, 0.05) is 24.9 Å². The van der Waals surface area contributed by atoms with Crippen LogP contribution in [0.1, 0.15) is 34.7 Å². The van der Waals surface area contributed by atoms with Crippen molar-refractivity contribution in [3.05, 3.63) is 58.9 Å². The van der Waals surface area contributed by atoms with E-state index in [-0.39, 0.29) is 6.04 Å². The zero-order chi connectivity index (χ0) is 13.9. The highest BCUT2D eigenvalue weighted by molar-refractivity contribution is 5.40. The predicted octanol–water partition coefficient (Wildman–Crippen LogP) is 2.96. The Morgan fingerprint density at radius 3 is 3.10 bits per heavy atom. The molecule has 1 atom stereocenters. The van der Waals surface area contributed by atoms with Gasteiger partial charge in [0.05, 0.1) is 6.61 Å². The van der Waals surface area contributed by atoms with Gasteiger partial charge in [-0.1, -0.05) is 12.1 Å². The summed E-state index contributed by atoms with van der Waals surface area (Å²) in [6, 6.07) is 8.59. The van der Waals surface area contributed by atoms with E-state index < -0.39 is 0 Å². The van der Waals surface area contributed by atoms with Gasteiger partial charge < -0.3 is 10.5 Å². The van der Waals surface area contributed by atoms with Gasteiger partial charge in [-0.15, -0.1) is 0 Å². The fourth-order valence-electron chi connectivity index (χ4n) is 2.77. The molecule has 3 nitrogen and oxygen atoms in total. The quantitative estimate of drug-likeness (QED) is 0.927. The number of aromatic nitrogens is 1. The Morgan fingerprint density at radius 2 is 2.25 bits per heavy atom. The predicted molar refractivity (Wildman–Crippen MR) is 79.9 cm³/mol. The van der Waals surface area contributed by atoms with Gasteiger partial charge in [0.25, 0.3) is 0 Å². The van der Waals surface area contributed by atoms with Gasteiger partial charge in [-0.3, -0.25) is 4.98 Å². The van der Waals surface area contributed by atoms with Crippen LogP contribution in [0.3, 0.4) is 0 Å².